The number of hydrogen-bond donors (Lipinski definition) is 1. The third-order valence-corrected chi connectivity index (χ3v) is 3.17. The Kier molecular flexibility index (Phi) is 3.14. The number of carbonyl (C=O) groups excluding carboxylic acids is 1. The molecule has 0 atom stereocenters. The Hall–Kier alpha value is -1.82. The van der Waals surface area contributed by atoms with E-state index in [1.807, 2.05) is 6.92 Å². The molecule has 4 nitrogen and oxygen atoms in total. The van der Waals surface area contributed by atoms with Crippen molar-refractivity contribution in [3.8, 4) is 0 Å². The first kappa shape index (κ1) is 11.7. The molecule has 0 fully saturated rings. The minimum absolute atomic E-state index is 0.249. The zero-order valence-electron chi connectivity index (χ0n) is 9.32. The van der Waals surface area contributed by atoms with Crippen LogP contribution in [0.25, 0.3) is 0 Å². The van der Waals surface area contributed by atoms with Gasteiger partial charge in [0.15, 0.2) is 0 Å². The Morgan fingerprint density at radius 3 is 2.71 bits per heavy atom. The Morgan fingerprint density at radius 2 is 2.18 bits per heavy atom. The number of nitrogens with one attached hydrogen (secondary N) is 1. The standard InChI is InChI=1S/C11H10FN3OS/c1-6-10(17-7(2)14-6)11(16)15-8-3-4-9(12)13-5-8/h3-5H,1-2H3,(H,15,16). The molecular weight excluding hydrogens is 241 g/mol. The molecule has 2 heterocycles. The molecule has 1 N–H and O–H groups in total. The molecule has 0 bridgehead atoms. The van der Waals surface area contributed by atoms with Crippen molar-refractivity contribution in [3.05, 3.63) is 39.9 Å². The number of amides is 1. The van der Waals surface area contributed by atoms with E-state index in [2.05, 4.69) is 15.3 Å². The lowest BCUT2D eigenvalue weighted by Crippen LogP contribution is -2.11. The molecule has 0 aliphatic rings. The number of nitrogens with zero attached hydrogens (tertiary/aromatic N) is 2. The van der Waals surface area contributed by atoms with E-state index in [0.29, 0.717) is 16.3 Å². The van der Waals surface area contributed by atoms with Crippen molar-refractivity contribution >= 4 is 22.9 Å². The van der Waals surface area contributed by atoms with E-state index in [-0.39, 0.29) is 5.91 Å². The van der Waals surface area contributed by atoms with Gasteiger partial charge in [-0.3, -0.25) is 4.79 Å². The number of halogens is 1. The molecule has 0 aliphatic heterocycles. The summed E-state index contributed by atoms with van der Waals surface area (Å²) in [6, 6.07) is 2.66. The van der Waals surface area contributed by atoms with E-state index < -0.39 is 5.95 Å². The molecule has 0 unspecified atom stereocenters. The summed E-state index contributed by atoms with van der Waals surface area (Å²) in [4.78, 5) is 20.1. The summed E-state index contributed by atoms with van der Waals surface area (Å²) in [5.74, 6) is -0.825. The molecule has 0 saturated heterocycles. The molecule has 0 aliphatic carbocycles. The maximum Gasteiger partial charge on any atom is 0.267 e. The highest BCUT2D eigenvalue weighted by atomic mass is 32.1. The molecule has 0 radical (unpaired) electrons. The van der Waals surface area contributed by atoms with Gasteiger partial charge >= 0.3 is 0 Å². The van der Waals surface area contributed by atoms with Gasteiger partial charge < -0.3 is 5.32 Å². The first-order chi connectivity index (χ1) is 8.06. The van der Waals surface area contributed by atoms with E-state index in [4.69, 9.17) is 0 Å². The summed E-state index contributed by atoms with van der Waals surface area (Å²) in [7, 11) is 0. The van der Waals surface area contributed by atoms with Crippen LogP contribution in [0.3, 0.4) is 0 Å². The number of aryl methyl sites for hydroxylation is 2. The van der Waals surface area contributed by atoms with Gasteiger partial charge in [-0.25, -0.2) is 9.97 Å². The van der Waals surface area contributed by atoms with Crippen molar-refractivity contribution in [1.29, 1.82) is 0 Å². The van der Waals surface area contributed by atoms with Gasteiger partial charge in [0.1, 0.15) is 4.88 Å². The molecular formula is C11H10FN3OS. The van der Waals surface area contributed by atoms with Crippen LogP contribution in [0.4, 0.5) is 10.1 Å². The molecule has 17 heavy (non-hydrogen) atoms. The van der Waals surface area contributed by atoms with Crippen LogP contribution in [0.5, 0.6) is 0 Å². The predicted molar refractivity (Wildman–Crippen MR) is 63.7 cm³/mol. The van der Waals surface area contributed by atoms with Gasteiger partial charge in [-0.1, -0.05) is 0 Å². The van der Waals surface area contributed by atoms with Crippen LogP contribution in [0.15, 0.2) is 18.3 Å². The Balaban J connectivity index is 2.17. The summed E-state index contributed by atoms with van der Waals surface area (Å²) >= 11 is 1.33. The SMILES string of the molecule is Cc1nc(C)c(C(=O)Nc2ccc(F)nc2)s1. The second kappa shape index (κ2) is 4.58. The van der Waals surface area contributed by atoms with E-state index in [9.17, 15) is 9.18 Å². The number of thiazole rings is 1. The van der Waals surface area contributed by atoms with Gasteiger partial charge in [0, 0.05) is 0 Å². The maximum absolute atomic E-state index is 12.6. The average Bonchev–Trinajstić information content (AvgIpc) is 2.61. The summed E-state index contributed by atoms with van der Waals surface area (Å²) in [5.41, 5.74) is 1.15. The van der Waals surface area contributed by atoms with Crippen molar-refractivity contribution in [2.45, 2.75) is 13.8 Å². The van der Waals surface area contributed by atoms with E-state index in [1.165, 1.54) is 29.7 Å². The van der Waals surface area contributed by atoms with E-state index >= 15 is 0 Å². The fourth-order valence-corrected chi connectivity index (χ4v) is 2.19. The van der Waals surface area contributed by atoms with Gasteiger partial charge in [0.2, 0.25) is 5.95 Å². The van der Waals surface area contributed by atoms with Crippen LogP contribution in [0.1, 0.15) is 20.4 Å². The zero-order valence-corrected chi connectivity index (χ0v) is 10.1. The smallest absolute Gasteiger partial charge is 0.267 e. The number of anilines is 1. The number of aromatic nitrogens is 2. The molecule has 6 heteroatoms. The van der Waals surface area contributed by atoms with Crippen molar-refractivity contribution < 1.29 is 9.18 Å². The highest BCUT2D eigenvalue weighted by Gasteiger charge is 2.13. The molecule has 0 aromatic carbocycles. The van der Waals surface area contributed by atoms with Crippen molar-refractivity contribution in [3.63, 3.8) is 0 Å². The topological polar surface area (TPSA) is 54.9 Å². The monoisotopic (exact) mass is 251 g/mol. The fourth-order valence-electron chi connectivity index (χ4n) is 1.38. The van der Waals surface area contributed by atoms with Gasteiger partial charge in [0.25, 0.3) is 5.91 Å². The number of hydrogen-bond acceptors (Lipinski definition) is 4. The average molecular weight is 251 g/mol. The number of pyridine rings is 1. The summed E-state index contributed by atoms with van der Waals surface area (Å²) in [6.45, 7) is 3.62. The first-order valence-corrected chi connectivity index (χ1v) is 5.75. The largest absolute Gasteiger partial charge is 0.320 e. The maximum atomic E-state index is 12.6. The minimum atomic E-state index is -0.576. The van der Waals surface area contributed by atoms with Crippen LogP contribution < -0.4 is 5.32 Å². The number of rotatable bonds is 2. The lowest BCUT2D eigenvalue weighted by molar-refractivity contribution is 0.102. The normalized spacial score (nSPS) is 10.3. The molecule has 2 rings (SSSR count). The van der Waals surface area contributed by atoms with Gasteiger partial charge in [-0.05, 0) is 26.0 Å². The molecule has 1 amide bonds. The lowest BCUT2D eigenvalue weighted by atomic mass is 10.3. The van der Waals surface area contributed by atoms with E-state index in [0.717, 1.165) is 5.01 Å². The molecule has 2 aromatic rings. The second-order valence-corrected chi connectivity index (χ2v) is 4.67. The van der Waals surface area contributed by atoms with Crippen molar-refractivity contribution in [2.24, 2.45) is 0 Å². The third kappa shape index (κ3) is 2.65. The van der Waals surface area contributed by atoms with Crippen LogP contribution in [0, 0.1) is 19.8 Å². The van der Waals surface area contributed by atoms with Gasteiger partial charge in [0.05, 0.1) is 22.6 Å². The Bertz CT molecular complexity index is 550. The van der Waals surface area contributed by atoms with Gasteiger partial charge in [-0.15, -0.1) is 11.3 Å². The Labute approximate surface area is 102 Å². The molecule has 88 valence electrons. The van der Waals surface area contributed by atoms with Crippen LogP contribution in [0.2, 0.25) is 0 Å². The molecule has 0 spiro atoms. The van der Waals surface area contributed by atoms with Crippen molar-refractivity contribution in [2.75, 3.05) is 5.32 Å². The molecule has 0 saturated carbocycles. The van der Waals surface area contributed by atoms with Crippen molar-refractivity contribution in [1.82, 2.24) is 9.97 Å². The van der Waals surface area contributed by atoms with Crippen LogP contribution in [-0.2, 0) is 0 Å². The van der Waals surface area contributed by atoms with Crippen LogP contribution in [-0.4, -0.2) is 15.9 Å². The van der Waals surface area contributed by atoms with E-state index in [1.54, 1.807) is 6.92 Å². The third-order valence-electron chi connectivity index (χ3n) is 2.10. The number of carbonyl (C=O) groups is 1. The first-order valence-electron chi connectivity index (χ1n) is 4.93. The summed E-state index contributed by atoms with van der Waals surface area (Å²) < 4.78 is 12.6. The van der Waals surface area contributed by atoms with Crippen LogP contribution >= 0.6 is 11.3 Å². The second-order valence-electron chi connectivity index (χ2n) is 3.47. The summed E-state index contributed by atoms with van der Waals surface area (Å²) in [6.07, 6.45) is 1.27. The lowest BCUT2D eigenvalue weighted by Gasteiger charge is -2.02. The molecule has 2 aromatic heterocycles. The quantitative estimate of drug-likeness (QED) is 0.834. The predicted octanol–water partition coefficient (Wildman–Crippen LogP) is 2.55. The summed E-state index contributed by atoms with van der Waals surface area (Å²) in [5, 5.41) is 3.48. The minimum Gasteiger partial charge on any atom is -0.320 e. The highest BCUT2D eigenvalue weighted by Crippen LogP contribution is 2.18. The highest BCUT2D eigenvalue weighted by molar-refractivity contribution is 7.13. The zero-order chi connectivity index (χ0) is 12.4. The Morgan fingerprint density at radius 1 is 1.41 bits per heavy atom. The fraction of sp³-hybridized carbons (Fsp3) is 0.182. The van der Waals surface area contributed by atoms with Gasteiger partial charge in [-0.2, -0.15) is 4.39 Å².